The van der Waals surface area contributed by atoms with Gasteiger partial charge in [0.2, 0.25) is 5.79 Å². The quantitative estimate of drug-likeness (QED) is 0.830. The smallest absolute Gasteiger partial charge is 0.408 e. The van der Waals surface area contributed by atoms with Crippen molar-refractivity contribution in [2.24, 2.45) is 0 Å². The van der Waals surface area contributed by atoms with Gasteiger partial charge in [-0.05, 0) is 24.6 Å². The van der Waals surface area contributed by atoms with Crippen LogP contribution in [0, 0.1) is 0 Å². The molecule has 3 rings (SSSR count). The minimum atomic E-state index is -0.642. The highest BCUT2D eigenvalue weighted by molar-refractivity contribution is 5.70. The molecule has 0 aliphatic carbocycles. The molecule has 0 saturated carbocycles. The van der Waals surface area contributed by atoms with Crippen LogP contribution in [-0.4, -0.2) is 17.9 Å². The summed E-state index contributed by atoms with van der Waals surface area (Å²) in [7, 11) is 0. The predicted octanol–water partition coefficient (Wildman–Crippen LogP) is 2.36. The Morgan fingerprint density at radius 1 is 1.22 bits per heavy atom. The fourth-order valence-corrected chi connectivity index (χ4v) is 2.29. The van der Waals surface area contributed by atoms with E-state index in [1.54, 1.807) is 0 Å². The molecule has 2 aliphatic heterocycles. The van der Waals surface area contributed by atoms with Crippen LogP contribution in [0.4, 0.5) is 4.79 Å². The van der Waals surface area contributed by atoms with E-state index in [1.165, 1.54) is 0 Å². The minimum absolute atomic E-state index is 0.0501. The van der Waals surface area contributed by atoms with E-state index in [0.29, 0.717) is 11.5 Å². The fraction of sp³-hybridized carbons (Fsp3) is 0.462. The molecule has 0 aromatic heterocycles. The van der Waals surface area contributed by atoms with Gasteiger partial charge >= 0.3 is 6.09 Å². The van der Waals surface area contributed by atoms with Crippen molar-refractivity contribution in [2.45, 2.75) is 38.7 Å². The van der Waals surface area contributed by atoms with E-state index in [2.05, 4.69) is 5.32 Å². The van der Waals surface area contributed by atoms with Crippen LogP contribution in [0.15, 0.2) is 18.2 Å². The lowest BCUT2D eigenvalue weighted by Crippen LogP contribution is -2.29. The molecule has 1 aromatic rings. The van der Waals surface area contributed by atoms with Crippen molar-refractivity contribution in [3.8, 4) is 11.5 Å². The molecule has 2 aliphatic rings. The predicted molar refractivity (Wildman–Crippen MR) is 63.6 cm³/mol. The number of ether oxygens (including phenoxy) is 3. The first-order chi connectivity index (χ1) is 8.44. The Bertz CT molecular complexity index is 512. The average molecular weight is 249 g/mol. The molecule has 1 amide bonds. The van der Waals surface area contributed by atoms with Crippen LogP contribution in [0.25, 0.3) is 0 Å². The SMILES string of the molecule is C[C@@H]1NC(=O)O[C@@H]1c1ccc2c(c1)OC(C)(C)O2. The molecule has 0 unspecified atom stereocenters. The van der Waals surface area contributed by atoms with Gasteiger partial charge in [0.25, 0.3) is 0 Å². The number of rotatable bonds is 1. The van der Waals surface area contributed by atoms with E-state index in [-0.39, 0.29) is 18.2 Å². The van der Waals surface area contributed by atoms with Crippen LogP contribution < -0.4 is 14.8 Å². The Morgan fingerprint density at radius 3 is 2.61 bits per heavy atom. The number of amides is 1. The zero-order chi connectivity index (χ0) is 12.9. The second kappa shape index (κ2) is 3.54. The molecule has 1 N–H and O–H groups in total. The summed E-state index contributed by atoms with van der Waals surface area (Å²) in [5, 5.41) is 2.72. The van der Waals surface area contributed by atoms with Crippen LogP contribution in [0.1, 0.15) is 32.4 Å². The second-order valence-electron chi connectivity index (χ2n) is 5.07. The summed E-state index contributed by atoms with van der Waals surface area (Å²) in [5.41, 5.74) is 0.904. The largest absolute Gasteiger partial charge is 0.449 e. The van der Waals surface area contributed by atoms with Gasteiger partial charge in [0, 0.05) is 13.8 Å². The van der Waals surface area contributed by atoms with E-state index in [1.807, 2.05) is 39.0 Å². The minimum Gasteiger partial charge on any atom is -0.449 e. The topological polar surface area (TPSA) is 56.8 Å². The molecule has 2 heterocycles. The maximum atomic E-state index is 11.2. The van der Waals surface area contributed by atoms with Crippen molar-refractivity contribution in [2.75, 3.05) is 0 Å². The number of cyclic esters (lactones) is 1. The number of fused-ring (bicyclic) bond motifs is 1. The summed E-state index contributed by atoms with van der Waals surface area (Å²) >= 11 is 0. The zero-order valence-corrected chi connectivity index (χ0v) is 10.5. The molecular weight excluding hydrogens is 234 g/mol. The third kappa shape index (κ3) is 1.75. The summed E-state index contributed by atoms with van der Waals surface area (Å²) in [4.78, 5) is 11.2. The van der Waals surface area contributed by atoms with Crippen LogP contribution in [0.5, 0.6) is 11.5 Å². The van der Waals surface area contributed by atoms with E-state index >= 15 is 0 Å². The average Bonchev–Trinajstić information content (AvgIpc) is 2.74. The lowest BCUT2D eigenvalue weighted by molar-refractivity contribution is -0.0432. The molecule has 96 valence electrons. The van der Waals surface area contributed by atoms with Crippen LogP contribution >= 0.6 is 0 Å². The maximum Gasteiger partial charge on any atom is 0.408 e. The Kier molecular flexibility index (Phi) is 2.20. The third-order valence-electron chi connectivity index (χ3n) is 3.04. The molecule has 2 atom stereocenters. The van der Waals surface area contributed by atoms with E-state index < -0.39 is 5.79 Å². The van der Waals surface area contributed by atoms with Gasteiger partial charge in [-0.3, -0.25) is 0 Å². The number of benzene rings is 1. The van der Waals surface area contributed by atoms with Gasteiger partial charge in [-0.15, -0.1) is 0 Å². The first-order valence-corrected chi connectivity index (χ1v) is 5.94. The van der Waals surface area contributed by atoms with Gasteiger partial charge in [0.1, 0.15) is 6.10 Å². The molecule has 0 spiro atoms. The number of hydrogen-bond acceptors (Lipinski definition) is 4. The molecule has 18 heavy (non-hydrogen) atoms. The normalized spacial score (nSPS) is 27.8. The summed E-state index contributed by atoms with van der Waals surface area (Å²) < 4.78 is 16.5. The third-order valence-corrected chi connectivity index (χ3v) is 3.04. The van der Waals surface area contributed by atoms with Crippen LogP contribution in [-0.2, 0) is 4.74 Å². The first kappa shape index (κ1) is 11.2. The summed E-state index contributed by atoms with van der Waals surface area (Å²) in [6.45, 7) is 5.61. The Labute approximate surface area is 105 Å². The van der Waals surface area contributed by atoms with Gasteiger partial charge in [-0.1, -0.05) is 6.07 Å². The summed E-state index contributed by atoms with van der Waals surface area (Å²) in [6.07, 6.45) is -0.666. The van der Waals surface area contributed by atoms with E-state index in [9.17, 15) is 4.79 Å². The second-order valence-corrected chi connectivity index (χ2v) is 5.07. The molecule has 5 heteroatoms. The van der Waals surface area contributed by atoms with Crippen LogP contribution in [0.2, 0.25) is 0 Å². The van der Waals surface area contributed by atoms with Gasteiger partial charge in [-0.2, -0.15) is 0 Å². The van der Waals surface area contributed by atoms with Gasteiger partial charge in [-0.25, -0.2) is 4.79 Å². The number of carbonyl (C=O) groups is 1. The number of alkyl carbamates (subject to hydrolysis) is 1. The zero-order valence-electron chi connectivity index (χ0n) is 10.5. The highest BCUT2D eigenvalue weighted by Crippen LogP contribution is 2.41. The molecule has 1 fully saturated rings. The lowest BCUT2D eigenvalue weighted by Gasteiger charge is -2.16. The van der Waals surface area contributed by atoms with Crippen molar-refractivity contribution in [1.82, 2.24) is 5.32 Å². The molecule has 1 saturated heterocycles. The van der Waals surface area contributed by atoms with Gasteiger partial charge < -0.3 is 19.5 Å². The maximum absolute atomic E-state index is 11.2. The van der Waals surface area contributed by atoms with E-state index in [0.717, 1.165) is 5.56 Å². The number of hydrogen-bond donors (Lipinski definition) is 1. The fourth-order valence-electron chi connectivity index (χ4n) is 2.29. The molecule has 1 aromatic carbocycles. The highest BCUT2D eigenvalue weighted by Gasteiger charge is 2.35. The Balaban J connectivity index is 1.91. The number of carbonyl (C=O) groups excluding carboxylic acids is 1. The summed E-state index contributed by atoms with van der Waals surface area (Å²) in [5.74, 6) is 0.762. The first-order valence-electron chi connectivity index (χ1n) is 5.94. The molecule has 5 nitrogen and oxygen atoms in total. The van der Waals surface area contributed by atoms with Crippen molar-refractivity contribution in [1.29, 1.82) is 0 Å². The monoisotopic (exact) mass is 249 g/mol. The van der Waals surface area contributed by atoms with E-state index in [4.69, 9.17) is 14.2 Å². The highest BCUT2D eigenvalue weighted by atomic mass is 16.7. The van der Waals surface area contributed by atoms with Gasteiger partial charge in [0.15, 0.2) is 11.5 Å². The Morgan fingerprint density at radius 2 is 1.94 bits per heavy atom. The van der Waals surface area contributed by atoms with Crippen molar-refractivity contribution >= 4 is 6.09 Å². The lowest BCUT2D eigenvalue weighted by atomic mass is 10.0. The van der Waals surface area contributed by atoms with Crippen molar-refractivity contribution in [3.63, 3.8) is 0 Å². The van der Waals surface area contributed by atoms with Gasteiger partial charge in [0.05, 0.1) is 6.04 Å². The van der Waals surface area contributed by atoms with Crippen molar-refractivity contribution in [3.05, 3.63) is 23.8 Å². The standard InChI is InChI=1S/C13H15NO4/c1-7-11(16-12(15)14-7)8-4-5-9-10(6-8)18-13(2,3)17-9/h4-7,11H,1-3H3,(H,14,15)/t7-,11-/m0/s1. The molecule has 0 radical (unpaired) electrons. The Hall–Kier alpha value is -1.91. The van der Waals surface area contributed by atoms with Crippen molar-refractivity contribution < 1.29 is 19.0 Å². The number of nitrogens with one attached hydrogen (secondary N) is 1. The summed E-state index contributed by atoms with van der Waals surface area (Å²) in [6, 6.07) is 5.56. The molecule has 0 bridgehead atoms. The molecular formula is C13H15NO4. The van der Waals surface area contributed by atoms with Crippen LogP contribution in [0.3, 0.4) is 0 Å².